The highest BCUT2D eigenvalue weighted by Crippen LogP contribution is 2.07. The molecule has 3 nitrogen and oxygen atoms in total. The van der Waals surface area contributed by atoms with Crippen molar-refractivity contribution in [2.24, 2.45) is 0 Å². The van der Waals surface area contributed by atoms with Crippen LogP contribution in [0, 0.1) is 6.92 Å². The molecule has 0 atom stereocenters. The van der Waals surface area contributed by atoms with E-state index in [1.54, 1.807) is 12.4 Å². The van der Waals surface area contributed by atoms with Crippen molar-refractivity contribution >= 4 is 0 Å². The molecule has 11 heavy (non-hydrogen) atoms. The minimum Gasteiger partial charge on any atom is -0.488 e. The number of rotatable bonds is 2. The average Bonchev–Trinajstić information content (AvgIpc) is 1.93. The lowest BCUT2D eigenvalue weighted by Gasteiger charge is -2.07. The third-order valence-electron chi connectivity index (χ3n) is 1.13. The lowest BCUT2D eigenvalue weighted by atomic mass is 10.4. The summed E-state index contributed by atoms with van der Waals surface area (Å²) in [6.07, 6.45) is 3.55. The normalized spacial score (nSPS) is 10.2. The molecule has 3 heteroatoms. The van der Waals surface area contributed by atoms with Gasteiger partial charge in [-0.1, -0.05) is 0 Å². The molecule has 0 aliphatic rings. The van der Waals surface area contributed by atoms with E-state index in [-0.39, 0.29) is 6.10 Å². The average molecular weight is 152 g/mol. The minimum atomic E-state index is 0.182. The smallest absolute Gasteiger partial charge is 0.156 e. The number of aromatic nitrogens is 2. The van der Waals surface area contributed by atoms with Crippen molar-refractivity contribution in [2.45, 2.75) is 26.9 Å². The Morgan fingerprint density at radius 2 is 1.82 bits per heavy atom. The molecule has 60 valence electrons. The summed E-state index contributed by atoms with van der Waals surface area (Å²) >= 11 is 0. The first kappa shape index (κ1) is 7.98. The van der Waals surface area contributed by atoms with E-state index in [9.17, 15) is 0 Å². The van der Waals surface area contributed by atoms with Gasteiger partial charge in [-0.3, -0.25) is 0 Å². The van der Waals surface area contributed by atoms with Crippen LogP contribution in [0.5, 0.6) is 5.75 Å². The zero-order chi connectivity index (χ0) is 8.27. The van der Waals surface area contributed by atoms with Gasteiger partial charge in [-0.2, -0.15) is 0 Å². The van der Waals surface area contributed by atoms with Gasteiger partial charge in [-0.05, 0) is 20.8 Å². The first-order chi connectivity index (χ1) is 5.18. The van der Waals surface area contributed by atoms with E-state index in [4.69, 9.17) is 4.74 Å². The Labute approximate surface area is 66.4 Å². The third-order valence-corrected chi connectivity index (χ3v) is 1.13. The molecule has 0 saturated carbocycles. The number of nitrogens with zero attached hydrogens (tertiary/aromatic N) is 2. The molecule has 1 heterocycles. The van der Waals surface area contributed by atoms with Gasteiger partial charge in [0.15, 0.2) is 5.75 Å². The van der Waals surface area contributed by atoms with Gasteiger partial charge in [-0.25, -0.2) is 9.97 Å². The molecule has 0 fully saturated rings. The monoisotopic (exact) mass is 152 g/mol. The highest BCUT2D eigenvalue weighted by molar-refractivity contribution is 5.12. The zero-order valence-corrected chi connectivity index (χ0v) is 7.03. The second kappa shape index (κ2) is 3.32. The van der Waals surface area contributed by atoms with E-state index < -0.39 is 0 Å². The Balaban J connectivity index is 2.66. The summed E-state index contributed by atoms with van der Waals surface area (Å²) in [7, 11) is 0. The van der Waals surface area contributed by atoms with Gasteiger partial charge < -0.3 is 4.74 Å². The maximum Gasteiger partial charge on any atom is 0.156 e. The van der Waals surface area contributed by atoms with Gasteiger partial charge in [0, 0.05) is 0 Å². The van der Waals surface area contributed by atoms with Crippen molar-refractivity contribution in [3.05, 3.63) is 18.2 Å². The molecule has 1 rings (SSSR count). The molecule has 1 aromatic rings. The summed E-state index contributed by atoms with van der Waals surface area (Å²) in [6.45, 7) is 5.79. The van der Waals surface area contributed by atoms with E-state index in [1.165, 1.54) is 0 Å². The Kier molecular flexibility index (Phi) is 2.41. The number of hydrogen-bond donors (Lipinski definition) is 0. The van der Waals surface area contributed by atoms with Crippen LogP contribution in [0.4, 0.5) is 0 Å². The van der Waals surface area contributed by atoms with Crippen LogP contribution >= 0.6 is 0 Å². The van der Waals surface area contributed by atoms with Gasteiger partial charge in [0.1, 0.15) is 5.82 Å². The van der Waals surface area contributed by atoms with Crippen LogP contribution in [0.15, 0.2) is 12.4 Å². The molecule has 0 aliphatic carbocycles. The van der Waals surface area contributed by atoms with E-state index in [0.29, 0.717) is 0 Å². The first-order valence-corrected chi connectivity index (χ1v) is 3.64. The van der Waals surface area contributed by atoms with Crippen LogP contribution in [0.25, 0.3) is 0 Å². The summed E-state index contributed by atoms with van der Waals surface area (Å²) in [6, 6.07) is 0. The Morgan fingerprint density at radius 3 is 2.27 bits per heavy atom. The summed E-state index contributed by atoms with van der Waals surface area (Å²) in [5.74, 6) is 1.49. The van der Waals surface area contributed by atoms with Crippen molar-refractivity contribution in [2.75, 3.05) is 0 Å². The molecule has 0 unspecified atom stereocenters. The van der Waals surface area contributed by atoms with E-state index in [1.807, 2.05) is 20.8 Å². The van der Waals surface area contributed by atoms with Crippen molar-refractivity contribution in [3.63, 3.8) is 0 Å². The predicted molar refractivity (Wildman–Crippen MR) is 42.5 cm³/mol. The molecule has 1 aromatic heterocycles. The Morgan fingerprint density at radius 1 is 1.27 bits per heavy atom. The second-order valence-corrected chi connectivity index (χ2v) is 2.63. The summed E-state index contributed by atoms with van der Waals surface area (Å²) in [5, 5.41) is 0. The van der Waals surface area contributed by atoms with Crippen molar-refractivity contribution in [3.8, 4) is 5.75 Å². The van der Waals surface area contributed by atoms with Crippen LogP contribution in [0.1, 0.15) is 19.7 Å². The third kappa shape index (κ3) is 2.53. The Bertz CT molecular complexity index is 218. The van der Waals surface area contributed by atoms with Crippen LogP contribution in [-0.4, -0.2) is 16.1 Å². The second-order valence-electron chi connectivity index (χ2n) is 2.63. The number of ether oxygens (including phenoxy) is 1. The number of aryl methyl sites for hydroxylation is 1. The highest BCUT2D eigenvalue weighted by Gasteiger charge is 1.96. The predicted octanol–water partition coefficient (Wildman–Crippen LogP) is 1.57. The standard InChI is InChI=1S/C8H12N2O/c1-6(2)11-8-4-9-7(3)10-5-8/h4-6H,1-3H3. The molecule has 0 radical (unpaired) electrons. The maximum atomic E-state index is 5.34. The van der Waals surface area contributed by atoms with Crippen LogP contribution in [-0.2, 0) is 0 Å². The quantitative estimate of drug-likeness (QED) is 0.645. The van der Waals surface area contributed by atoms with Crippen molar-refractivity contribution in [1.82, 2.24) is 9.97 Å². The Hall–Kier alpha value is -1.12. The van der Waals surface area contributed by atoms with Crippen molar-refractivity contribution in [1.29, 1.82) is 0 Å². The number of hydrogen-bond acceptors (Lipinski definition) is 3. The van der Waals surface area contributed by atoms with E-state index in [0.717, 1.165) is 11.6 Å². The zero-order valence-electron chi connectivity index (χ0n) is 7.03. The van der Waals surface area contributed by atoms with Crippen LogP contribution in [0.3, 0.4) is 0 Å². The molecule has 0 N–H and O–H groups in total. The van der Waals surface area contributed by atoms with Gasteiger partial charge in [0.25, 0.3) is 0 Å². The summed E-state index contributed by atoms with van der Waals surface area (Å²) in [4.78, 5) is 7.99. The largest absolute Gasteiger partial charge is 0.488 e. The minimum absolute atomic E-state index is 0.182. The van der Waals surface area contributed by atoms with Gasteiger partial charge in [-0.15, -0.1) is 0 Å². The topological polar surface area (TPSA) is 35.0 Å². The first-order valence-electron chi connectivity index (χ1n) is 3.64. The van der Waals surface area contributed by atoms with Gasteiger partial charge >= 0.3 is 0 Å². The van der Waals surface area contributed by atoms with Gasteiger partial charge in [0.2, 0.25) is 0 Å². The molecule has 0 amide bonds. The lowest BCUT2D eigenvalue weighted by Crippen LogP contribution is -2.06. The summed E-state index contributed by atoms with van der Waals surface area (Å²) in [5.41, 5.74) is 0. The lowest BCUT2D eigenvalue weighted by molar-refractivity contribution is 0.240. The fraction of sp³-hybridized carbons (Fsp3) is 0.500. The molecular formula is C8H12N2O. The fourth-order valence-electron chi connectivity index (χ4n) is 0.714. The molecular weight excluding hydrogens is 140 g/mol. The fourth-order valence-corrected chi connectivity index (χ4v) is 0.714. The maximum absolute atomic E-state index is 5.34. The molecule has 0 aromatic carbocycles. The highest BCUT2D eigenvalue weighted by atomic mass is 16.5. The van der Waals surface area contributed by atoms with E-state index in [2.05, 4.69) is 9.97 Å². The molecule has 0 bridgehead atoms. The molecule has 0 saturated heterocycles. The van der Waals surface area contributed by atoms with Crippen LogP contribution < -0.4 is 4.74 Å². The molecule has 0 spiro atoms. The van der Waals surface area contributed by atoms with E-state index >= 15 is 0 Å². The SMILES string of the molecule is Cc1ncc(OC(C)C)cn1. The van der Waals surface area contributed by atoms with Crippen molar-refractivity contribution < 1.29 is 4.74 Å². The summed E-state index contributed by atoms with van der Waals surface area (Å²) < 4.78 is 5.34. The van der Waals surface area contributed by atoms with Crippen LogP contribution in [0.2, 0.25) is 0 Å². The van der Waals surface area contributed by atoms with Gasteiger partial charge in [0.05, 0.1) is 18.5 Å². The molecule has 0 aliphatic heterocycles.